The summed E-state index contributed by atoms with van der Waals surface area (Å²) >= 11 is 0. The fourth-order valence-corrected chi connectivity index (χ4v) is 3.60. The number of aryl methyl sites for hydroxylation is 4. The van der Waals surface area contributed by atoms with Gasteiger partial charge >= 0.3 is 5.69 Å². The van der Waals surface area contributed by atoms with E-state index in [4.69, 9.17) is 0 Å². The largest absolute Gasteiger partial charge is 0.329 e. The molecule has 0 fully saturated rings. The van der Waals surface area contributed by atoms with E-state index < -0.39 is 11.2 Å². The number of aromatic amines is 1. The van der Waals surface area contributed by atoms with E-state index in [1.54, 1.807) is 11.7 Å². The van der Waals surface area contributed by atoms with Crippen LogP contribution < -0.4 is 11.2 Å². The summed E-state index contributed by atoms with van der Waals surface area (Å²) in [5.41, 5.74) is 4.03. The molecular weight excluding hydrogens is 368 g/mol. The Kier molecular flexibility index (Phi) is 4.70. The molecule has 0 amide bonds. The van der Waals surface area contributed by atoms with Gasteiger partial charge in [0, 0.05) is 19.3 Å². The normalized spacial score (nSPS) is 11.4. The van der Waals surface area contributed by atoms with Crippen molar-refractivity contribution in [3.8, 4) is 5.95 Å². The second-order valence-corrected chi connectivity index (χ2v) is 7.35. The number of nitrogens with one attached hydrogen (secondary N) is 1. The zero-order valence-electron chi connectivity index (χ0n) is 17.1. The number of hydrogen-bond donors (Lipinski definition) is 1. The lowest BCUT2D eigenvalue weighted by Gasteiger charge is -2.10. The number of aromatic nitrogens is 6. The first kappa shape index (κ1) is 18.9. The van der Waals surface area contributed by atoms with Crippen molar-refractivity contribution in [1.29, 1.82) is 0 Å². The summed E-state index contributed by atoms with van der Waals surface area (Å²) in [6.07, 6.45) is 1.70. The van der Waals surface area contributed by atoms with E-state index in [2.05, 4.69) is 27.2 Å². The Morgan fingerprint density at radius 2 is 1.79 bits per heavy atom. The van der Waals surface area contributed by atoms with Crippen LogP contribution in [0.1, 0.15) is 28.9 Å². The molecule has 0 atom stereocenters. The quantitative estimate of drug-likeness (QED) is 0.564. The number of H-pyrrole nitrogens is 1. The molecule has 0 spiro atoms. The first-order chi connectivity index (χ1) is 13.9. The molecule has 3 heterocycles. The lowest BCUT2D eigenvalue weighted by molar-refractivity contribution is 0.618. The van der Waals surface area contributed by atoms with Crippen molar-refractivity contribution >= 4 is 11.2 Å². The van der Waals surface area contributed by atoms with Gasteiger partial charge in [0.15, 0.2) is 11.2 Å². The Morgan fingerprint density at radius 1 is 1.07 bits per heavy atom. The van der Waals surface area contributed by atoms with Gasteiger partial charge in [0.25, 0.3) is 5.56 Å². The van der Waals surface area contributed by atoms with Crippen LogP contribution >= 0.6 is 0 Å². The Balaban J connectivity index is 1.85. The third-order valence-corrected chi connectivity index (χ3v) is 5.52. The van der Waals surface area contributed by atoms with Gasteiger partial charge in [-0.25, -0.2) is 9.48 Å². The minimum absolute atomic E-state index is 0.360. The zero-order chi connectivity index (χ0) is 20.7. The van der Waals surface area contributed by atoms with Crippen molar-refractivity contribution in [2.75, 3.05) is 0 Å². The Hall–Kier alpha value is -3.42. The topological polar surface area (TPSA) is 90.5 Å². The Labute approximate surface area is 167 Å². The number of imidazole rings is 1. The summed E-state index contributed by atoms with van der Waals surface area (Å²) in [4.78, 5) is 31.8. The summed E-state index contributed by atoms with van der Waals surface area (Å²) < 4.78 is 5.00. The lowest BCUT2D eigenvalue weighted by atomic mass is 10.1. The van der Waals surface area contributed by atoms with Gasteiger partial charge in [0.2, 0.25) is 5.95 Å². The average molecular weight is 392 g/mol. The van der Waals surface area contributed by atoms with E-state index in [0.29, 0.717) is 23.7 Å². The molecule has 1 aromatic carbocycles. The van der Waals surface area contributed by atoms with E-state index in [-0.39, 0.29) is 0 Å². The van der Waals surface area contributed by atoms with Gasteiger partial charge < -0.3 is 4.57 Å². The predicted molar refractivity (Wildman–Crippen MR) is 112 cm³/mol. The fraction of sp³-hybridized carbons (Fsp3) is 0.333. The second-order valence-electron chi connectivity index (χ2n) is 7.35. The minimum atomic E-state index is -0.479. The van der Waals surface area contributed by atoms with Crippen molar-refractivity contribution in [1.82, 2.24) is 28.9 Å². The van der Waals surface area contributed by atoms with Crippen LogP contribution in [0.15, 0.2) is 39.9 Å². The van der Waals surface area contributed by atoms with E-state index >= 15 is 0 Å². The third-order valence-electron chi connectivity index (χ3n) is 5.52. The molecule has 0 bridgehead atoms. The van der Waals surface area contributed by atoms with Gasteiger partial charge in [0.1, 0.15) is 0 Å². The molecule has 8 nitrogen and oxygen atoms in total. The molecule has 1 N–H and O–H groups in total. The maximum Gasteiger partial charge on any atom is 0.329 e. The highest BCUT2D eigenvalue weighted by atomic mass is 16.2. The summed E-state index contributed by atoms with van der Waals surface area (Å²) in [7, 11) is 1.61. The number of rotatable bonds is 5. The smallest absolute Gasteiger partial charge is 0.302 e. The van der Waals surface area contributed by atoms with Gasteiger partial charge in [-0.3, -0.25) is 14.3 Å². The molecule has 0 aliphatic rings. The first-order valence-electron chi connectivity index (χ1n) is 9.65. The molecule has 8 heteroatoms. The summed E-state index contributed by atoms with van der Waals surface area (Å²) in [6.45, 7) is 6.52. The first-order valence-corrected chi connectivity index (χ1v) is 9.65. The number of nitrogens with zero attached hydrogens (tertiary/aromatic N) is 5. The number of benzene rings is 1. The maximum absolute atomic E-state index is 12.6. The van der Waals surface area contributed by atoms with Crippen LogP contribution in [0.2, 0.25) is 0 Å². The highest BCUT2D eigenvalue weighted by Gasteiger charge is 2.21. The molecule has 0 saturated heterocycles. The second kappa shape index (κ2) is 7.20. The monoisotopic (exact) mass is 392 g/mol. The van der Waals surface area contributed by atoms with Crippen LogP contribution in [0.4, 0.5) is 0 Å². The fourth-order valence-electron chi connectivity index (χ4n) is 3.60. The highest BCUT2D eigenvalue weighted by Crippen LogP contribution is 2.20. The molecule has 0 unspecified atom stereocenters. The average Bonchev–Trinajstić information content (AvgIpc) is 3.20. The van der Waals surface area contributed by atoms with Gasteiger partial charge in [0.05, 0.1) is 5.69 Å². The molecule has 0 radical (unpaired) electrons. The van der Waals surface area contributed by atoms with E-state index in [0.717, 1.165) is 29.8 Å². The van der Waals surface area contributed by atoms with Gasteiger partial charge in [-0.2, -0.15) is 10.1 Å². The Bertz CT molecular complexity index is 1310. The van der Waals surface area contributed by atoms with Crippen molar-refractivity contribution in [2.45, 2.75) is 40.2 Å². The van der Waals surface area contributed by atoms with E-state index in [1.165, 1.54) is 10.1 Å². The summed E-state index contributed by atoms with van der Waals surface area (Å²) in [5, 5.41) is 4.62. The highest BCUT2D eigenvalue weighted by molar-refractivity contribution is 5.72. The van der Waals surface area contributed by atoms with Crippen LogP contribution in [-0.2, 0) is 20.0 Å². The molecular formula is C21H24N6O2. The van der Waals surface area contributed by atoms with Crippen molar-refractivity contribution in [3.63, 3.8) is 0 Å². The van der Waals surface area contributed by atoms with Crippen molar-refractivity contribution in [2.24, 2.45) is 7.05 Å². The predicted octanol–water partition coefficient (Wildman–Crippen LogP) is 2.17. The SMILES string of the molecule is Cc1nn(-c2nc3c(c(=O)[nH]c(=O)n3C)n2CCCc2ccccc2)c(C)c1C. The molecule has 4 rings (SSSR count). The number of hydrogen-bond acceptors (Lipinski definition) is 4. The maximum atomic E-state index is 12.6. The van der Waals surface area contributed by atoms with Crippen molar-refractivity contribution in [3.05, 3.63) is 73.7 Å². The van der Waals surface area contributed by atoms with Crippen LogP contribution in [0, 0.1) is 20.8 Å². The zero-order valence-corrected chi connectivity index (χ0v) is 17.1. The Morgan fingerprint density at radius 3 is 2.45 bits per heavy atom. The standard InChI is InChI=1S/C21H24N6O2/c1-13-14(2)24-27(15(13)3)20-22-18-17(19(28)23-21(29)25(18)4)26(20)12-8-11-16-9-6-5-7-10-16/h5-7,9-10H,8,11-12H2,1-4H3,(H,23,28,29). The molecule has 0 aliphatic heterocycles. The van der Waals surface area contributed by atoms with Gasteiger partial charge in [-0.05, 0) is 44.7 Å². The molecule has 4 aromatic rings. The molecule has 0 aliphatic carbocycles. The molecule has 29 heavy (non-hydrogen) atoms. The van der Waals surface area contributed by atoms with Crippen LogP contribution in [0.25, 0.3) is 17.1 Å². The number of fused-ring (bicyclic) bond motifs is 1. The molecule has 150 valence electrons. The van der Waals surface area contributed by atoms with Crippen molar-refractivity contribution < 1.29 is 0 Å². The van der Waals surface area contributed by atoms with E-state index in [9.17, 15) is 9.59 Å². The molecule has 0 saturated carbocycles. The minimum Gasteiger partial charge on any atom is -0.302 e. The van der Waals surface area contributed by atoms with E-state index in [1.807, 2.05) is 43.5 Å². The lowest BCUT2D eigenvalue weighted by Crippen LogP contribution is -2.29. The van der Waals surface area contributed by atoms with Crippen LogP contribution in [0.5, 0.6) is 0 Å². The van der Waals surface area contributed by atoms with Gasteiger partial charge in [-0.15, -0.1) is 0 Å². The third kappa shape index (κ3) is 3.20. The van der Waals surface area contributed by atoms with Gasteiger partial charge in [-0.1, -0.05) is 30.3 Å². The summed E-state index contributed by atoms with van der Waals surface area (Å²) in [6, 6.07) is 10.2. The van der Waals surface area contributed by atoms with Crippen LogP contribution in [-0.4, -0.2) is 28.9 Å². The van der Waals surface area contributed by atoms with Crippen LogP contribution in [0.3, 0.4) is 0 Å². The summed E-state index contributed by atoms with van der Waals surface area (Å²) in [5.74, 6) is 0.550. The molecule has 3 aromatic heterocycles.